The first-order valence-electron chi connectivity index (χ1n) is 18.8. The van der Waals surface area contributed by atoms with E-state index in [9.17, 15) is 0 Å². The number of hydrogen-bond donors (Lipinski definition) is 0. The maximum atomic E-state index is 2.75. The lowest BCUT2D eigenvalue weighted by atomic mass is 9.67. The molecular formula is C37H66P2. The maximum absolute atomic E-state index is 2.75. The predicted octanol–water partition coefficient (Wildman–Crippen LogP) is 12.9. The van der Waals surface area contributed by atoms with Gasteiger partial charge in [0.05, 0.1) is 0 Å². The van der Waals surface area contributed by atoms with Crippen LogP contribution >= 0.6 is 15.8 Å². The largest absolute Gasteiger partial charge is 0.0889 e. The SMILES string of the molecule is CCC(CC)(P1CCCC1(C1CCCCC1)C1CCCCC1)P1CCCC1(C1CCCCC1)C1CCCCC1. The fourth-order valence-corrected chi connectivity index (χ4v) is 25.1. The Labute approximate surface area is 247 Å². The van der Waals surface area contributed by atoms with Crippen molar-refractivity contribution in [1.82, 2.24) is 0 Å². The van der Waals surface area contributed by atoms with Crippen LogP contribution in [0.4, 0.5) is 0 Å². The minimum Gasteiger partial charge on any atom is -0.0889 e. The average Bonchev–Trinajstić information content (AvgIpc) is 3.68. The molecule has 0 amide bonds. The highest BCUT2D eigenvalue weighted by molar-refractivity contribution is 7.79. The summed E-state index contributed by atoms with van der Waals surface area (Å²) in [5.74, 6) is 4.43. The highest BCUT2D eigenvalue weighted by atomic mass is 31.2. The van der Waals surface area contributed by atoms with Crippen LogP contribution in [0.15, 0.2) is 0 Å². The van der Waals surface area contributed by atoms with Crippen LogP contribution in [0.1, 0.15) is 181 Å². The molecule has 0 aromatic rings. The Bertz CT molecular complexity index is 649. The van der Waals surface area contributed by atoms with Gasteiger partial charge in [-0.2, -0.15) is 0 Å². The first-order chi connectivity index (χ1) is 19.2. The number of rotatable bonds is 8. The fourth-order valence-electron chi connectivity index (χ4n) is 12.9. The van der Waals surface area contributed by atoms with E-state index in [0.29, 0.717) is 0 Å². The van der Waals surface area contributed by atoms with Crippen molar-refractivity contribution in [2.75, 3.05) is 12.3 Å². The van der Waals surface area contributed by atoms with Crippen LogP contribution in [0.25, 0.3) is 0 Å². The summed E-state index contributed by atoms with van der Waals surface area (Å²) in [6.45, 7) is 5.51. The number of hydrogen-bond acceptors (Lipinski definition) is 0. The van der Waals surface area contributed by atoms with E-state index >= 15 is 0 Å². The van der Waals surface area contributed by atoms with Gasteiger partial charge in [0.15, 0.2) is 0 Å². The molecule has 4 saturated carbocycles. The Morgan fingerprint density at radius 2 is 0.718 bits per heavy atom. The van der Waals surface area contributed by atoms with Gasteiger partial charge in [-0.25, -0.2) is 0 Å². The van der Waals surface area contributed by atoms with E-state index in [-0.39, 0.29) is 15.8 Å². The standard InChI is InChI=1S/C37H66P2/c1-3-35(4-2,38-29-17-27-36(38,31-19-9-5-10-20-31)32-21-11-6-12-22-32)39-30-18-28-37(39,33-23-13-7-14-24-33)34-25-15-8-16-26-34/h31-34H,3-30H2,1-2H3. The molecule has 2 heteroatoms. The summed E-state index contributed by atoms with van der Waals surface area (Å²) in [5.41, 5.74) is 0. The van der Waals surface area contributed by atoms with Crippen molar-refractivity contribution in [3.63, 3.8) is 0 Å². The van der Waals surface area contributed by atoms with Crippen molar-refractivity contribution in [3.8, 4) is 0 Å². The molecule has 0 nitrogen and oxygen atoms in total. The van der Waals surface area contributed by atoms with Crippen LogP contribution in [-0.2, 0) is 0 Å². The Morgan fingerprint density at radius 1 is 0.436 bits per heavy atom. The Kier molecular flexibility index (Phi) is 10.2. The van der Waals surface area contributed by atoms with Crippen molar-refractivity contribution in [3.05, 3.63) is 0 Å². The maximum Gasteiger partial charge on any atom is 0.0111 e. The lowest BCUT2D eigenvalue weighted by Crippen LogP contribution is -2.51. The molecule has 0 spiro atoms. The van der Waals surface area contributed by atoms with Crippen LogP contribution in [-0.4, -0.2) is 27.5 Å². The molecule has 0 bridgehead atoms. The van der Waals surface area contributed by atoms with E-state index in [1.807, 2.05) is 0 Å². The molecule has 0 radical (unpaired) electrons. The quantitative estimate of drug-likeness (QED) is 0.254. The smallest absolute Gasteiger partial charge is 0.0111 e. The molecule has 39 heavy (non-hydrogen) atoms. The van der Waals surface area contributed by atoms with Gasteiger partial charge in [-0.05, 0) is 136 Å². The minimum atomic E-state index is 0.131. The Balaban J connectivity index is 1.44. The molecule has 224 valence electrons. The lowest BCUT2D eigenvalue weighted by Gasteiger charge is -2.63. The van der Waals surface area contributed by atoms with Crippen molar-refractivity contribution in [2.45, 2.75) is 196 Å². The normalized spacial score (nSPS) is 34.0. The van der Waals surface area contributed by atoms with Gasteiger partial charge in [0, 0.05) is 4.90 Å². The molecule has 2 saturated heterocycles. The summed E-state index contributed by atoms with van der Waals surface area (Å²) in [6, 6.07) is 0. The molecule has 0 aromatic heterocycles. The summed E-state index contributed by atoms with van der Waals surface area (Å²) in [7, 11) is 0.262. The molecule has 2 aliphatic heterocycles. The van der Waals surface area contributed by atoms with Crippen LogP contribution < -0.4 is 0 Å². The zero-order valence-corrected chi connectivity index (χ0v) is 28.3. The zero-order chi connectivity index (χ0) is 26.8. The molecule has 2 atom stereocenters. The van der Waals surface area contributed by atoms with Gasteiger partial charge in [-0.15, -0.1) is 0 Å². The molecule has 0 aromatic carbocycles. The highest BCUT2D eigenvalue weighted by Crippen LogP contribution is 2.87. The van der Waals surface area contributed by atoms with Gasteiger partial charge in [-0.3, -0.25) is 0 Å². The highest BCUT2D eigenvalue weighted by Gasteiger charge is 2.65. The van der Waals surface area contributed by atoms with Gasteiger partial charge < -0.3 is 0 Å². The average molecular weight is 573 g/mol. The first-order valence-corrected chi connectivity index (χ1v) is 21.8. The first kappa shape index (κ1) is 29.9. The zero-order valence-electron chi connectivity index (χ0n) is 26.5. The molecule has 6 aliphatic rings. The monoisotopic (exact) mass is 572 g/mol. The van der Waals surface area contributed by atoms with Gasteiger partial charge in [0.1, 0.15) is 0 Å². The van der Waals surface area contributed by atoms with Crippen LogP contribution in [0.2, 0.25) is 0 Å². The topological polar surface area (TPSA) is 0 Å². The second-order valence-electron chi connectivity index (χ2n) is 15.5. The molecular weight excluding hydrogens is 506 g/mol. The van der Waals surface area contributed by atoms with E-state index < -0.39 is 0 Å². The van der Waals surface area contributed by atoms with E-state index in [1.165, 1.54) is 0 Å². The molecule has 2 heterocycles. The van der Waals surface area contributed by atoms with Crippen molar-refractivity contribution in [1.29, 1.82) is 0 Å². The Hall–Kier alpha value is 0.860. The van der Waals surface area contributed by atoms with Gasteiger partial charge >= 0.3 is 0 Å². The second-order valence-corrected chi connectivity index (χ2v) is 21.9. The van der Waals surface area contributed by atoms with Crippen LogP contribution in [0.5, 0.6) is 0 Å². The van der Waals surface area contributed by atoms with E-state index in [1.54, 1.807) is 179 Å². The van der Waals surface area contributed by atoms with Crippen molar-refractivity contribution < 1.29 is 0 Å². The molecule has 0 N–H and O–H groups in total. The second kappa shape index (κ2) is 13.2. The predicted molar refractivity (Wildman–Crippen MR) is 177 cm³/mol. The third-order valence-corrected chi connectivity index (χ3v) is 24.5. The summed E-state index contributed by atoms with van der Waals surface area (Å²) in [5, 5.41) is 1.58. The molecule has 4 aliphatic carbocycles. The van der Waals surface area contributed by atoms with Crippen LogP contribution in [0, 0.1) is 23.7 Å². The van der Waals surface area contributed by atoms with Crippen molar-refractivity contribution in [2.24, 2.45) is 23.7 Å². The third-order valence-electron chi connectivity index (χ3n) is 14.3. The van der Waals surface area contributed by atoms with Gasteiger partial charge in [0.25, 0.3) is 0 Å². The minimum absolute atomic E-state index is 0.131. The summed E-state index contributed by atoms with van der Waals surface area (Å²) in [4.78, 5) is 0.751. The Morgan fingerprint density at radius 3 is 0.974 bits per heavy atom. The van der Waals surface area contributed by atoms with Crippen molar-refractivity contribution >= 4 is 15.8 Å². The van der Waals surface area contributed by atoms with E-state index in [4.69, 9.17) is 0 Å². The van der Waals surface area contributed by atoms with E-state index in [0.717, 1.165) is 38.9 Å². The van der Waals surface area contributed by atoms with E-state index in [2.05, 4.69) is 13.8 Å². The van der Waals surface area contributed by atoms with Gasteiger partial charge in [-0.1, -0.05) is 107 Å². The fraction of sp³-hybridized carbons (Fsp3) is 1.00. The van der Waals surface area contributed by atoms with Gasteiger partial charge in [0.2, 0.25) is 0 Å². The summed E-state index contributed by atoms with van der Waals surface area (Å²) < 4.78 is 0. The molecule has 6 rings (SSSR count). The summed E-state index contributed by atoms with van der Waals surface area (Å²) in [6.07, 6.45) is 44.7. The molecule has 6 fully saturated rings. The molecule has 2 unspecified atom stereocenters. The van der Waals surface area contributed by atoms with Crippen LogP contribution in [0.3, 0.4) is 0 Å². The third kappa shape index (κ3) is 5.19. The summed E-state index contributed by atoms with van der Waals surface area (Å²) >= 11 is 0. The lowest BCUT2D eigenvalue weighted by molar-refractivity contribution is 0.163.